The van der Waals surface area contributed by atoms with E-state index in [0.717, 1.165) is 48.7 Å². The number of pyridine rings is 1. The number of benzene rings is 2. The predicted molar refractivity (Wildman–Crippen MR) is 117 cm³/mol. The first kappa shape index (κ1) is 19.2. The zero-order valence-corrected chi connectivity index (χ0v) is 17.0. The van der Waals surface area contributed by atoms with E-state index in [2.05, 4.69) is 52.4 Å². The van der Waals surface area contributed by atoms with Crippen LogP contribution in [0.5, 0.6) is 11.5 Å². The van der Waals surface area contributed by atoms with E-state index in [1.54, 1.807) is 14.2 Å². The van der Waals surface area contributed by atoms with E-state index in [1.807, 2.05) is 30.6 Å². The summed E-state index contributed by atoms with van der Waals surface area (Å²) >= 11 is 0. The molecule has 0 fully saturated rings. The second kappa shape index (κ2) is 8.93. The maximum atomic E-state index is 5.44. The van der Waals surface area contributed by atoms with Gasteiger partial charge in [-0.25, -0.2) is 0 Å². The van der Waals surface area contributed by atoms with Gasteiger partial charge in [-0.15, -0.1) is 0 Å². The number of hydrogen-bond donors (Lipinski definition) is 0. The SMILES string of the molecule is COc1ccc(-c2cncc(CN3CC=C(c4ccccc4)CC3)c2)cc1OC. The van der Waals surface area contributed by atoms with E-state index in [1.165, 1.54) is 16.7 Å². The van der Waals surface area contributed by atoms with Crippen LogP contribution in [0.3, 0.4) is 0 Å². The van der Waals surface area contributed by atoms with Crippen LogP contribution in [0.25, 0.3) is 16.7 Å². The van der Waals surface area contributed by atoms with Crippen LogP contribution in [0.2, 0.25) is 0 Å². The summed E-state index contributed by atoms with van der Waals surface area (Å²) in [7, 11) is 3.31. The molecule has 1 aliphatic heterocycles. The Kier molecular flexibility index (Phi) is 5.92. The highest BCUT2D eigenvalue weighted by Gasteiger charge is 2.14. The topological polar surface area (TPSA) is 34.6 Å². The quantitative estimate of drug-likeness (QED) is 0.593. The van der Waals surface area contributed by atoms with Gasteiger partial charge in [-0.1, -0.05) is 42.5 Å². The van der Waals surface area contributed by atoms with Gasteiger partial charge in [0.2, 0.25) is 0 Å². The zero-order chi connectivity index (χ0) is 20.1. The number of aromatic nitrogens is 1. The van der Waals surface area contributed by atoms with Crippen LogP contribution >= 0.6 is 0 Å². The Hall–Kier alpha value is -3.11. The highest BCUT2D eigenvalue weighted by atomic mass is 16.5. The Labute approximate surface area is 172 Å². The van der Waals surface area contributed by atoms with Gasteiger partial charge in [-0.3, -0.25) is 9.88 Å². The minimum Gasteiger partial charge on any atom is -0.493 e. The number of nitrogens with zero attached hydrogens (tertiary/aromatic N) is 2. The minimum absolute atomic E-state index is 0.727. The van der Waals surface area contributed by atoms with Crippen LogP contribution < -0.4 is 9.47 Å². The Morgan fingerprint density at radius 1 is 0.862 bits per heavy atom. The second-order valence-electron chi connectivity index (χ2n) is 7.23. The van der Waals surface area contributed by atoms with Crippen LogP contribution in [-0.4, -0.2) is 37.2 Å². The van der Waals surface area contributed by atoms with Crippen molar-refractivity contribution in [3.63, 3.8) is 0 Å². The van der Waals surface area contributed by atoms with Crippen molar-refractivity contribution < 1.29 is 9.47 Å². The monoisotopic (exact) mass is 386 g/mol. The Morgan fingerprint density at radius 2 is 1.69 bits per heavy atom. The molecule has 0 atom stereocenters. The van der Waals surface area contributed by atoms with E-state index < -0.39 is 0 Å². The molecular weight excluding hydrogens is 360 g/mol. The third-order valence-corrected chi connectivity index (χ3v) is 5.36. The molecule has 0 bridgehead atoms. The van der Waals surface area contributed by atoms with Gasteiger partial charge in [-0.05, 0) is 46.9 Å². The lowest BCUT2D eigenvalue weighted by atomic mass is 9.99. The summed E-state index contributed by atoms with van der Waals surface area (Å²) in [5.74, 6) is 1.46. The summed E-state index contributed by atoms with van der Waals surface area (Å²) in [6.07, 6.45) is 7.28. The van der Waals surface area contributed by atoms with Crippen molar-refractivity contribution in [2.45, 2.75) is 13.0 Å². The van der Waals surface area contributed by atoms with Crippen LogP contribution in [0, 0.1) is 0 Å². The highest BCUT2D eigenvalue weighted by Crippen LogP contribution is 2.32. The van der Waals surface area contributed by atoms with Crippen molar-refractivity contribution >= 4 is 5.57 Å². The van der Waals surface area contributed by atoms with Crippen molar-refractivity contribution in [1.82, 2.24) is 9.88 Å². The maximum absolute atomic E-state index is 5.44. The molecule has 2 aromatic carbocycles. The summed E-state index contributed by atoms with van der Waals surface area (Å²) < 4.78 is 10.8. The molecule has 0 spiro atoms. The lowest BCUT2D eigenvalue weighted by molar-refractivity contribution is 0.293. The van der Waals surface area contributed by atoms with Crippen LogP contribution in [0.15, 0.2) is 73.1 Å². The van der Waals surface area contributed by atoms with E-state index in [0.29, 0.717) is 0 Å². The fourth-order valence-electron chi connectivity index (χ4n) is 3.78. The van der Waals surface area contributed by atoms with Gasteiger partial charge in [0, 0.05) is 37.6 Å². The van der Waals surface area contributed by atoms with Crippen molar-refractivity contribution in [3.05, 3.63) is 84.2 Å². The zero-order valence-electron chi connectivity index (χ0n) is 17.0. The Balaban J connectivity index is 1.47. The predicted octanol–water partition coefficient (Wildman–Crippen LogP) is 5.06. The van der Waals surface area contributed by atoms with Gasteiger partial charge in [-0.2, -0.15) is 0 Å². The van der Waals surface area contributed by atoms with E-state index >= 15 is 0 Å². The molecule has 4 nitrogen and oxygen atoms in total. The van der Waals surface area contributed by atoms with Gasteiger partial charge >= 0.3 is 0 Å². The third kappa shape index (κ3) is 4.49. The van der Waals surface area contributed by atoms with Crippen molar-refractivity contribution in [3.8, 4) is 22.6 Å². The largest absolute Gasteiger partial charge is 0.493 e. The Morgan fingerprint density at radius 3 is 2.41 bits per heavy atom. The molecule has 4 rings (SSSR count). The summed E-state index contributed by atoms with van der Waals surface area (Å²) in [5.41, 5.74) is 6.15. The standard InChI is InChI=1S/C25H26N2O2/c1-28-24-9-8-22(15-25(24)29-2)23-14-19(16-26-17-23)18-27-12-10-21(11-13-27)20-6-4-3-5-7-20/h3-10,14-17H,11-13,18H2,1-2H3. The van der Waals surface area contributed by atoms with Gasteiger partial charge < -0.3 is 9.47 Å². The third-order valence-electron chi connectivity index (χ3n) is 5.36. The van der Waals surface area contributed by atoms with Gasteiger partial charge in [0.25, 0.3) is 0 Å². The average molecular weight is 386 g/mol. The molecule has 0 unspecified atom stereocenters. The smallest absolute Gasteiger partial charge is 0.161 e. The summed E-state index contributed by atoms with van der Waals surface area (Å²) in [6, 6.07) is 18.8. The van der Waals surface area contributed by atoms with E-state index in [-0.39, 0.29) is 0 Å². The van der Waals surface area contributed by atoms with E-state index in [9.17, 15) is 0 Å². The fraction of sp³-hybridized carbons (Fsp3) is 0.240. The molecule has 1 aliphatic rings. The summed E-state index contributed by atoms with van der Waals surface area (Å²) in [5, 5.41) is 0. The fourth-order valence-corrected chi connectivity index (χ4v) is 3.78. The summed E-state index contributed by atoms with van der Waals surface area (Å²) in [4.78, 5) is 6.93. The first-order valence-electron chi connectivity index (χ1n) is 9.90. The number of ether oxygens (including phenoxy) is 2. The molecule has 0 radical (unpaired) electrons. The molecule has 3 aromatic rings. The van der Waals surface area contributed by atoms with Crippen molar-refractivity contribution in [1.29, 1.82) is 0 Å². The molecule has 29 heavy (non-hydrogen) atoms. The highest BCUT2D eigenvalue weighted by molar-refractivity contribution is 5.67. The molecule has 4 heteroatoms. The Bertz CT molecular complexity index is 999. The lowest BCUT2D eigenvalue weighted by Gasteiger charge is -2.26. The van der Waals surface area contributed by atoms with Crippen LogP contribution in [0.4, 0.5) is 0 Å². The second-order valence-corrected chi connectivity index (χ2v) is 7.23. The lowest BCUT2D eigenvalue weighted by Crippen LogP contribution is -2.28. The van der Waals surface area contributed by atoms with Crippen molar-refractivity contribution in [2.75, 3.05) is 27.3 Å². The van der Waals surface area contributed by atoms with Crippen LogP contribution in [-0.2, 0) is 6.54 Å². The summed E-state index contributed by atoms with van der Waals surface area (Å²) in [6.45, 7) is 2.92. The first-order valence-corrected chi connectivity index (χ1v) is 9.90. The number of rotatable bonds is 6. The van der Waals surface area contributed by atoms with Gasteiger partial charge in [0.15, 0.2) is 11.5 Å². The molecule has 0 aliphatic carbocycles. The van der Waals surface area contributed by atoms with E-state index in [4.69, 9.17) is 9.47 Å². The number of hydrogen-bond acceptors (Lipinski definition) is 4. The maximum Gasteiger partial charge on any atom is 0.161 e. The molecule has 0 saturated heterocycles. The normalized spacial score (nSPS) is 14.3. The number of methoxy groups -OCH3 is 2. The molecule has 0 N–H and O–H groups in total. The molecule has 0 amide bonds. The average Bonchev–Trinajstić information content (AvgIpc) is 2.80. The molecule has 0 saturated carbocycles. The van der Waals surface area contributed by atoms with Gasteiger partial charge in [0.1, 0.15) is 0 Å². The molecular formula is C25H26N2O2. The minimum atomic E-state index is 0.727. The first-order chi connectivity index (χ1) is 14.3. The van der Waals surface area contributed by atoms with Crippen LogP contribution in [0.1, 0.15) is 17.5 Å². The van der Waals surface area contributed by atoms with Crippen molar-refractivity contribution in [2.24, 2.45) is 0 Å². The molecule has 148 valence electrons. The van der Waals surface area contributed by atoms with Gasteiger partial charge in [0.05, 0.1) is 14.2 Å². The molecule has 1 aromatic heterocycles. The molecule has 2 heterocycles.